The van der Waals surface area contributed by atoms with Gasteiger partial charge < -0.3 is 19.9 Å². The first-order valence-corrected chi connectivity index (χ1v) is 8.05. The van der Waals surface area contributed by atoms with Gasteiger partial charge >= 0.3 is 6.09 Å². The van der Waals surface area contributed by atoms with Crippen molar-refractivity contribution in [3.8, 4) is 0 Å². The first kappa shape index (κ1) is 16.8. The van der Waals surface area contributed by atoms with Gasteiger partial charge in [-0.2, -0.15) is 0 Å². The number of ether oxygens (including phenoxy) is 1. The van der Waals surface area contributed by atoms with Crippen molar-refractivity contribution in [2.24, 2.45) is 0 Å². The molecule has 0 bridgehead atoms. The van der Waals surface area contributed by atoms with Crippen molar-refractivity contribution in [2.75, 3.05) is 39.8 Å². The maximum Gasteiger partial charge on any atom is 0.407 e. The van der Waals surface area contributed by atoms with Crippen molar-refractivity contribution in [1.82, 2.24) is 15.1 Å². The molecule has 0 radical (unpaired) electrons. The van der Waals surface area contributed by atoms with E-state index < -0.39 is 0 Å². The standard InChI is InChI=1S/C17H27N3O2/c1-3-20-11-7-10-19(2)12-16(13-20)18-17(21)22-14-15-8-5-4-6-9-15/h4-6,8-9,16H,3,7,10-14H2,1-2H3,(H,18,21)/t16-/m1/s1. The molecule has 1 N–H and O–H groups in total. The summed E-state index contributed by atoms with van der Waals surface area (Å²) in [4.78, 5) is 16.7. The second-order valence-electron chi connectivity index (χ2n) is 5.91. The van der Waals surface area contributed by atoms with Crippen LogP contribution in [0, 0.1) is 0 Å². The van der Waals surface area contributed by atoms with Crippen LogP contribution in [0.1, 0.15) is 18.9 Å². The Kier molecular flexibility index (Phi) is 6.68. The van der Waals surface area contributed by atoms with Crippen molar-refractivity contribution < 1.29 is 9.53 Å². The number of hydrogen-bond donors (Lipinski definition) is 1. The number of nitrogens with zero attached hydrogens (tertiary/aromatic N) is 2. The molecule has 1 aliphatic rings. The third-order valence-corrected chi connectivity index (χ3v) is 4.01. The lowest BCUT2D eigenvalue weighted by molar-refractivity contribution is 0.122. The highest BCUT2D eigenvalue weighted by atomic mass is 16.5. The lowest BCUT2D eigenvalue weighted by atomic mass is 10.2. The molecular formula is C17H27N3O2. The van der Waals surface area contributed by atoms with Gasteiger partial charge in [-0.15, -0.1) is 0 Å². The van der Waals surface area contributed by atoms with E-state index in [1.807, 2.05) is 30.3 Å². The zero-order valence-corrected chi connectivity index (χ0v) is 13.6. The van der Waals surface area contributed by atoms with Gasteiger partial charge in [0, 0.05) is 13.1 Å². The summed E-state index contributed by atoms with van der Waals surface area (Å²) in [5, 5.41) is 3.01. The molecule has 22 heavy (non-hydrogen) atoms. The Labute approximate surface area is 133 Å². The molecule has 1 fully saturated rings. The number of likely N-dealkylation sites (N-methyl/N-ethyl adjacent to an activating group) is 2. The zero-order chi connectivity index (χ0) is 15.8. The molecule has 1 aromatic rings. The van der Waals surface area contributed by atoms with E-state index in [0.717, 1.165) is 38.3 Å². The molecule has 1 amide bonds. The molecule has 5 nitrogen and oxygen atoms in total. The van der Waals surface area contributed by atoms with Crippen LogP contribution in [0.2, 0.25) is 0 Å². The first-order chi connectivity index (χ1) is 10.7. The number of hydrogen-bond acceptors (Lipinski definition) is 4. The molecule has 0 unspecified atom stereocenters. The van der Waals surface area contributed by atoms with Crippen LogP contribution in [0.25, 0.3) is 0 Å². The molecule has 0 saturated carbocycles. The molecule has 1 aliphatic heterocycles. The number of rotatable bonds is 4. The minimum absolute atomic E-state index is 0.105. The van der Waals surface area contributed by atoms with Crippen LogP contribution in [0.15, 0.2) is 30.3 Å². The van der Waals surface area contributed by atoms with Crippen molar-refractivity contribution >= 4 is 6.09 Å². The number of alkyl carbamates (subject to hydrolysis) is 1. The first-order valence-electron chi connectivity index (χ1n) is 8.05. The Morgan fingerprint density at radius 2 is 2.05 bits per heavy atom. The zero-order valence-electron chi connectivity index (χ0n) is 13.6. The lowest BCUT2D eigenvalue weighted by Crippen LogP contribution is -2.51. The molecule has 2 rings (SSSR count). The minimum Gasteiger partial charge on any atom is -0.445 e. The van der Waals surface area contributed by atoms with E-state index in [1.165, 1.54) is 6.42 Å². The van der Waals surface area contributed by atoms with Gasteiger partial charge in [-0.05, 0) is 38.7 Å². The van der Waals surface area contributed by atoms with Gasteiger partial charge in [0.05, 0.1) is 6.04 Å². The van der Waals surface area contributed by atoms with Crippen LogP contribution in [0.3, 0.4) is 0 Å². The van der Waals surface area contributed by atoms with Crippen LogP contribution in [0.4, 0.5) is 4.79 Å². The minimum atomic E-state index is -0.334. The molecule has 1 aromatic carbocycles. The highest BCUT2D eigenvalue weighted by Gasteiger charge is 2.20. The van der Waals surface area contributed by atoms with Crippen molar-refractivity contribution in [1.29, 1.82) is 0 Å². The van der Waals surface area contributed by atoms with Crippen molar-refractivity contribution in [3.05, 3.63) is 35.9 Å². The summed E-state index contributed by atoms with van der Waals surface area (Å²) < 4.78 is 5.32. The molecule has 0 aliphatic carbocycles. The van der Waals surface area contributed by atoms with Gasteiger partial charge in [0.2, 0.25) is 0 Å². The maximum absolute atomic E-state index is 12.0. The molecule has 1 atom stereocenters. The van der Waals surface area contributed by atoms with E-state index in [0.29, 0.717) is 6.61 Å². The quantitative estimate of drug-likeness (QED) is 0.923. The molecule has 0 aromatic heterocycles. The molecule has 5 heteroatoms. The van der Waals surface area contributed by atoms with Crippen molar-refractivity contribution in [2.45, 2.75) is 26.0 Å². The van der Waals surface area contributed by atoms with Gasteiger partial charge in [0.1, 0.15) is 6.61 Å². The monoisotopic (exact) mass is 305 g/mol. The summed E-state index contributed by atoms with van der Waals surface area (Å²) in [7, 11) is 2.10. The fraction of sp³-hybridized carbons (Fsp3) is 0.588. The van der Waals surface area contributed by atoms with E-state index in [1.54, 1.807) is 0 Å². The summed E-state index contributed by atoms with van der Waals surface area (Å²) in [6.07, 6.45) is 0.842. The normalized spacial score (nSPS) is 20.9. The second-order valence-corrected chi connectivity index (χ2v) is 5.91. The Bertz CT molecular complexity index is 452. The number of carbonyl (C=O) groups excluding carboxylic acids is 1. The topological polar surface area (TPSA) is 44.8 Å². The molecule has 0 spiro atoms. The molecule has 1 heterocycles. The predicted molar refractivity (Wildman–Crippen MR) is 87.8 cm³/mol. The maximum atomic E-state index is 12.0. The number of nitrogens with one attached hydrogen (secondary N) is 1. The van der Waals surface area contributed by atoms with Gasteiger partial charge in [-0.3, -0.25) is 0 Å². The Hall–Kier alpha value is -1.59. The highest BCUT2D eigenvalue weighted by molar-refractivity contribution is 5.67. The molecule has 122 valence electrons. The highest BCUT2D eigenvalue weighted by Crippen LogP contribution is 2.05. The van der Waals surface area contributed by atoms with Gasteiger partial charge in [-0.1, -0.05) is 37.3 Å². The Morgan fingerprint density at radius 1 is 1.27 bits per heavy atom. The fourth-order valence-corrected chi connectivity index (χ4v) is 2.80. The summed E-state index contributed by atoms with van der Waals surface area (Å²) >= 11 is 0. The second kappa shape index (κ2) is 8.76. The van der Waals surface area contributed by atoms with Crippen LogP contribution in [-0.4, -0.2) is 61.7 Å². The van der Waals surface area contributed by atoms with E-state index in [9.17, 15) is 4.79 Å². The smallest absolute Gasteiger partial charge is 0.407 e. The number of carbonyl (C=O) groups is 1. The average Bonchev–Trinajstić information content (AvgIpc) is 2.51. The van der Waals surface area contributed by atoms with E-state index in [4.69, 9.17) is 4.74 Å². The van der Waals surface area contributed by atoms with E-state index in [-0.39, 0.29) is 12.1 Å². The van der Waals surface area contributed by atoms with Gasteiger partial charge in [0.15, 0.2) is 0 Å². The lowest BCUT2D eigenvalue weighted by Gasteiger charge is -2.33. The van der Waals surface area contributed by atoms with Crippen LogP contribution >= 0.6 is 0 Å². The third kappa shape index (κ3) is 5.66. The SMILES string of the molecule is CCN1CCCN(C)C[C@@H](NC(=O)OCc2ccccc2)C1. The number of amides is 1. The Morgan fingerprint density at radius 3 is 2.77 bits per heavy atom. The third-order valence-electron chi connectivity index (χ3n) is 4.01. The number of benzene rings is 1. The summed E-state index contributed by atoms with van der Waals surface area (Å²) in [5.74, 6) is 0. The van der Waals surface area contributed by atoms with E-state index >= 15 is 0 Å². The summed E-state index contributed by atoms with van der Waals surface area (Å²) in [6.45, 7) is 7.37. The Balaban J connectivity index is 1.82. The molecule has 1 saturated heterocycles. The fourth-order valence-electron chi connectivity index (χ4n) is 2.80. The van der Waals surface area contributed by atoms with Gasteiger partial charge in [0.25, 0.3) is 0 Å². The molecular weight excluding hydrogens is 278 g/mol. The van der Waals surface area contributed by atoms with Crippen LogP contribution in [-0.2, 0) is 11.3 Å². The average molecular weight is 305 g/mol. The largest absolute Gasteiger partial charge is 0.445 e. The predicted octanol–water partition coefficient (Wildman–Crippen LogP) is 1.94. The van der Waals surface area contributed by atoms with E-state index in [2.05, 4.69) is 29.1 Å². The van der Waals surface area contributed by atoms with Crippen LogP contribution in [0.5, 0.6) is 0 Å². The summed E-state index contributed by atoms with van der Waals surface area (Å²) in [6, 6.07) is 9.85. The summed E-state index contributed by atoms with van der Waals surface area (Å²) in [5.41, 5.74) is 1.00. The van der Waals surface area contributed by atoms with Crippen molar-refractivity contribution in [3.63, 3.8) is 0 Å². The van der Waals surface area contributed by atoms with Crippen LogP contribution < -0.4 is 5.32 Å². The van der Waals surface area contributed by atoms with Gasteiger partial charge in [-0.25, -0.2) is 4.79 Å².